The second-order valence-electron chi connectivity index (χ2n) is 2.35. The molecule has 0 aliphatic rings. The molecule has 0 aromatic carbocycles. The minimum absolute atomic E-state index is 0.312. The van der Waals surface area contributed by atoms with Crippen LogP contribution in [0.3, 0.4) is 0 Å². The van der Waals surface area contributed by atoms with E-state index >= 15 is 0 Å². The van der Waals surface area contributed by atoms with Gasteiger partial charge in [-0.1, -0.05) is 13.3 Å². The topological polar surface area (TPSA) is 33.1 Å². The van der Waals surface area contributed by atoms with Crippen molar-refractivity contribution in [1.82, 2.24) is 4.98 Å². The Morgan fingerprint density at radius 2 is 2.27 bits per heavy atom. The highest BCUT2D eigenvalue weighted by Gasteiger charge is 2.00. The normalized spacial score (nSPS) is 10.0. The third-order valence-corrected chi connectivity index (χ3v) is 2.00. The Bertz CT molecular complexity index is 250. The zero-order valence-corrected chi connectivity index (χ0v) is 8.50. The monoisotopic (exact) mass is 263 g/mol. The molecule has 1 heterocycles. The lowest BCUT2D eigenvalue weighted by atomic mass is 10.2. The van der Waals surface area contributed by atoms with Gasteiger partial charge in [0, 0.05) is 0 Å². The van der Waals surface area contributed by atoms with Crippen molar-refractivity contribution < 1.29 is 5.11 Å². The van der Waals surface area contributed by atoms with Gasteiger partial charge in [-0.15, -0.1) is 0 Å². The molecule has 0 radical (unpaired) electrons. The standard InChI is InChI=1S/C8H10INO/c1-2-3-6-7(11)4-5-8(9)10-6/h4-5,11H,2-3H2,1H3. The number of nitrogens with zero attached hydrogens (tertiary/aromatic N) is 1. The molecule has 0 fully saturated rings. The van der Waals surface area contributed by atoms with Crippen LogP contribution >= 0.6 is 22.6 Å². The SMILES string of the molecule is CCCc1nc(I)ccc1O. The molecule has 3 heteroatoms. The number of halogens is 1. The number of hydrogen-bond acceptors (Lipinski definition) is 2. The van der Waals surface area contributed by atoms with E-state index in [1.807, 2.05) is 0 Å². The maximum absolute atomic E-state index is 9.30. The Labute approximate surface area is 79.8 Å². The molecule has 1 aromatic rings. The van der Waals surface area contributed by atoms with Gasteiger partial charge in [-0.2, -0.15) is 0 Å². The molecule has 11 heavy (non-hydrogen) atoms. The molecule has 60 valence electrons. The van der Waals surface area contributed by atoms with Crippen molar-refractivity contribution in [1.29, 1.82) is 0 Å². The molecule has 2 nitrogen and oxygen atoms in total. The van der Waals surface area contributed by atoms with Crippen LogP contribution in [0, 0.1) is 3.70 Å². The second kappa shape index (κ2) is 3.90. The molecule has 0 spiro atoms. The largest absolute Gasteiger partial charge is 0.506 e. The summed E-state index contributed by atoms with van der Waals surface area (Å²) in [6.07, 6.45) is 1.86. The van der Waals surface area contributed by atoms with Crippen LogP contribution in [0.2, 0.25) is 0 Å². The van der Waals surface area contributed by atoms with Gasteiger partial charge in [-0.25, -0.2) is 4.98 Å². The lowest BCUT2D eigenvalue weighted by molar-refractivity contribution is 0.463. The van der Waals surface area contributed by atoms with Crippen molar-refractivity contribution in [3.8, 4) is 5.75 Å². The number of pyridine rings is 1. The van der Waals surface area contributed by atoms with Gasteiger partial charge < -0.3 is 5.11 Å². The fourth-order valence-corrected chi connectivity index (χ4v) is 1.36. The summed E-state index contributed by atoms with van der Waals surface area (Å²) in [5.41, 5.74) is 0.805. The number of aromatic hydroxyl groups is 1. The molecule has 0 amide bonds. The van der Waals surface area contributed by atoms with Gasteiger partial charge in [0.15, 0.2) is 0 Å². The zero-order valence-electron chi connectivity index (χ0n) is 6.34. The van der Waals surface area contributed by atoms with Gasteiger partial charge in [0.2, 0.25) is 0 Å². The van der Waals surface area contributed by atoms with Crippen molar-refractivity contribution >= 4 is 22.6 Å². The summed E-state index contributed by atoms with van der Waals surface area (Å²) in [5, 5.41) is 9.30. The third kappa shape index (κ3) is 2.32. The maximum Gasteiger partial charge on any atom is 0.137 e. The molecule has 0 unspecified atom stereocenters. The predicted molar refractivity (Wildman–Crippen MR) is 52.6 cm³/mol. The molecule has 1 rings (SSSR count). The van der Waals surface area contributed by atoms with Crippen molar-refractivity contribution in [3.63, 3.8) is 0 Å². The lowest BCUT2D eigenvalue weighted by Crippen LogP contribution is -1.91. The smallest absolute Gasteiger partial charge is 0.137 e. The third-order valence-electron chi connectivity index (χ3n) is 1.40. The minimum atomic E-state index is 0.312. The Balaban J connectivity index is 2.93. The first kappa shape index (κ1) is 8.77. The fraction of sp³-hybridized carbons (Fsp3) is 0.375. The van der Waals surface area contributed by atoms with E-state index in [-0.39, 0.29) is 0 Å². The van der Waals surface area contributed by atoms with Crippen LogP contribution in [0.4, 0.5) is 0 Å². The molecule has 0 saturated heterocycles. The van der Waals surface area contributed by atoms with E-state index in [1.54, 1.807) is 12.1 Å². The first-order chi connectivity index (χ1) is 5.24. The van der Waals surface area contributed by atoms with E-state index in [4.69, 9.17) is 0 Å². The summed E-state index contributed by atoms with van der Waals surface area (Å²) in [6, 6.07) is 3.49. The number of hydrogen-bond donors (Lipinski definition) is 1. The van der Waals surface area contributed by atoms with Crippen LogP contribution in [0.5, 0.6) is 5.75 Å². The summed E-state index contributed by atoms with van der Waals surface area (Å²) in [7, 11) is 0. The van der Waals surface area contributed by atoms with E-state index in [1.165, 1.54) is 0 Å². The van der Waals surface area contributed by atoms with Gasteiger partial charge >= 0.3 is 0 Å². The highest BCUT2D eigenvalue weighted by atomic mass is 127. The summed E-state index contributed by atoms with van der Waals surface area (Å²) in [4.78, 5) is 4.20. The summed E-state index contributed by atoms with van der Waals surface area (Å²) < 4.78 is 0.934. The molecule has 1 aromatic heterocycles. The summed E-state index contributed by atoms with van der Waals surface area (Å²) >= 11 is 2.14. The predicted octanol–water partition coefficient (Wildman–Crippen LogP) is 2.34. The van der Waals surface area contributed by atoms with E-state index in [9.17, 15) is 5.11 Å². The van der Waals surface area contributed by atoms with Crippen LogP contribution in [0.1, 0.15) is 19.0 Å². The summed E-state index contributed by atoms with van der Waals surface area (Å²) in [6.45, 7) is 2.07. The molecule has 0 atom stereocenters. The molecule has 0 aliphatic heterocycles. The quantitative estimate of drug-likeness (QED) is 0.656. The van der Waals surface area contributed by atoms with E-state index in [0.29, 0.717) is 5.75 Å². The highest BCUT2D eigenvalue weighted by Crippen LogP contribution is 2.16. The van der Waals surface area contributed by atoms with Gasteiger partial charge in [0.1, 0.15) is 9.45 Å². The first-order valence-electron chi connectivity index (χ1n) is 3.58. The molecule has 1 N–H and O–H groups in total. The van der Waals surface area contributed by atoms with Gasteiger partial charge in [0.25, 0.3) is 0 Å². The van der Waals surface area contributed by atoms with Crippen molar-refractivity contribution in [2.75, 3.05) is 0 Å². The average Bonchev–Trinajstić information content (AvgIpc) is 1.98. The van der Waals surface area contributed by atoms with E-state index in [0.717, 1.165) is 22.2 Å². The Morgan fingerprint density at radius 3 is 2.91 bits per heavy atom. The Morgan fingerprint density at radius 1 is 1.55 bits per heavy atom. The number of rotatable bonds is 2. The minimum Gasteiger partial charge on any atom is -0.506 e. The highest BCUT2D eigenvalue weighted by molar-refractivity contribution is 14.1. The fourth-order valence-electron chi connectivity index (χ4n) is 0.888. The first-order valence-corrected chi connectivity index (χ1v) is 4.66. The van der Waals surface area contributed by atoms with Crippen molar-refractivity contribution in [2.45, 2.75) is 19.8 Å². The Kier molecular flexibility index (Phi) is 3.11. The van der Waals surface area contributed by atoms with Gasteiger partial charge in [-0.3, -0.25) is 0 Å². The van der Waals surface area contributed by atoms with E-state index in [2.05, 4.69) is 34.5 Å². The van der Waals surface area contributed by atoms with Crippen molar-refractivity contribution in [2.24, 2.45) is 0 Å². The van der Waals surface area contributed by atoms with Crippen LogP contribution in [-0.4, -0.2) is 10.1 Å². The molecule has 0 aliphatic carbocycles. The zero-order chi connectivity index (χ0) is 8.27. The molecular formula is C8H10INO. The average molecular weight is 263 g/mol. The van der Waals surface area contributed by atoms with Crippen LogP contribution in [0.15, 0.2) is 12.1 Å². The molecular weight excluding hydrogens is 253 g/mol. The molecule has 0 bridgehead atoms. The number of aromatic nitrogens is 1. The van der Waals surface area contributed by atoms with Gasteiger partial charge in [0.05, 0.1) is 5.69 Å². The van der Waals surface area contributed by atoms with Crippen LogP contribution < -0.4 is 0 Å². The van der Waals surface area contributed by atoms with E-state index < -0.39 is 0 Å². The maximum atomic E-state index is 9.30. The second-order valence-corrected chi connectivity index (χ2v) is 3.46. The lowest BCUT2D eigenvalue weighted by Gasteiger charge is -2.00. The van der Waals surface area contributed by atoms with Crippen LogP contribution in [-0.2, 0) is 6.42 Å². The van der Waals surface area contributed by atoms with Crippen molar-refractivity contribution in [3.05, 3.63) is 21.5 Å². The van der Waals surface area contributed by atoms with Crippen LogP contribution in [0.25, 0.3) is 0 Å². The number of aryl methyl sites for hydroxylation is 1. The molecule has 0 saturated carbocycles. The summed E-state index contributed by atoms with van der Waals surface area (Å²) in [5.74, 6) is 0.312. The van der Waals surface area contributed by atoms with Gasteiger partial charge in [-0.05, 0) is 41.1 Å². The Hall–Kier alpha value is -0.320.